The zero-order valence-corrected chi connectivity index (χ0v) is 17.0. The number of ether oxygens (including phenoxy) is 1. The average molecular weight is 415 g/mol. The summed E-state index contributed by atoms with van der Waals surface area (Å²) in [6, 6.07) is 5.66. The van der Waals surface area contributed by atoms with Crippen LogP contribution in [0.2, 0.25) is 0 Å². The van der Waals surface area contributed by atoms with Crippen molar-refractivity contribution in [2.24, 2.45) is 7.05 Å². The van der Waals surface area contributed by atoms with Gasteiger partial charge in [-0.1, -0.05) is 0 Å². The van der Waals surface area contributed by atoms with E-state index in [1.54, 1.807) is 20.9 Å². The topological polar surface area (TPSA) is 111 Å². The Morgan fingerprint density at radius 3 is 2.15 bits per heavy atom. The van der Waals surface area contributed by atoms with Gasteiger partial charge in [-0.05, 0) is 38.1 Å². The molecule has 0 saturated carbocycles. The van der Waals surface area contributed by atoms with Crippen LogP contribution < -0.4 is 4.72 Å². The maximum absolute atomic E-state index is 12.7. The lowest BCUT2D eigenvalue weighted by Crippen LogP contribution is -2.40. The molecule has 0 bridgehead atoms. The first-order chi connectivity index (χ1) is 12.6. The van der Waals surface area contributed by atoms with Gasteiger partial charge in [-0.2, -0.15) is 9.40 Å². The van der Waals surface area contributed by atoms with Crippen LogP contribution >= 0.6 is 0 Å². The third kappa shape index (κ3) is 3.86. The van der Waals surface area contributed by atoms with E-state index in [2.05, 4.69) is 9.82 Å². The number of rotatable bonds is 5. The number of anilines is 1. The molecular weight excluding hydrogens is 392 g/mol. The lowest BCUT2D eigenvalue weighted by Gasteiger charge is -2.26. The Morgan fingerprint density at radius 1 is 1.04 bits per heavy atom. The van der Waals surface area contributed by atoms with Crippen LogP contribution in [0, 0.1) is 13.8 Å². The van der Waals surface area contributed by atoms with Gasteiger partial charge in [0.25, 0.3) is 10.0 Å². The summed E-state index contributed by atoms with van der Waals surface area (Å²) in [4.78, 5) is 0.233. The van der Waals surface area contributed by atoms with Crippen molar-refractivity contribution in [3.05, 3.63) is 35.7 Å². The molecule has 0 unspecified atom stereocenters. The first kappa shape index (κ1) is 19.8. The van der Waals surface area contributed by atoms with Gasteiger partial charge < -0.3 is 4.74 Å². The van der Waals surface area contributed by atoms with Crippen LogP contribution in [-0.4, -0.2) is 57.2 Å². The molecule has 1 aliphatic rings. The first-order valence-corrected chi connectivity index (χ1v) is 11.3. The summed E-state index contributed by atoms with van der Waals surface area (Å²) in [5.74, 6) is 0. The summed E-state index contributed by atoms with van der Waals surface area (Å²) >= 11 is 0. The normalized spacial score (nSPS) is 16.4. The van der Waals surface area contributed by atoms with Crippen LogP contribution in [-0.2, 0) is 31.8 Å². The van der Waals surface area contributed by atoms with E-state index in [0.717, 1.165) is 0 Å². The van der Waals surface area contributed by atoms with E-state index < -0.39 is 20.0 Å². The predicted molar refractivity (Wildman–Crippen MR) is 99.5 cm³/mol. The number of nitrogens with zero attached hydrogens (tertiary/aromatic N) is 3. The quantitative estimate of drug-likeness (QED) is 0.777. The third-order valence-electron chi connectivity index (χ3n) is 4.43. The van der Waals surface area contributed by atoms with Crippen molar-refractivity contribution < 1.29 is 21.6 Å². The molecule has 2 heterocycles. The number of sulfonamides is 2. The Morgan fingerprint density at radius 2 is 1.63 bits per heavy atom. The lowest BCUT2D eigenvalue weighted by molar-refractivity contribution is 0.0730. The highest BCUT2D eigenvalue weighted by Gasteiger charge is 2.27. The molecule has 0 amide bonds. The molecule has 1 aromatic carbocycles. The summed E-state index contributed by atoms with van der Waals surface area (Å²) in [6.45, 7) is 4.63. The highest BCUT2D eigenvalue weighted by Crippen LogP contribution is 2.24. The summed E-state index contributed by atoms with van der Waals surface area (Å²) in [6.07, 6.45) is 0. The summed E-state index contributed by atoms with van der Waals surface area (Å²) in [7, 11) is -5.78. The molecule has 2 aromatic rings. The molecule has 0 atom stereocenters. The van der Waals surface area contributed by atoms with E-state index >= 15 is 0 Å². The predicted octanol–water partition coefficient (Wildman–Crippen LogP) is 0.859. The van der Waals surface area contributed by atoms with Crippen LogP contribution in [0.25, 0.3) is 0 Å². The van der Waals surface area contributed by atoms with Crippen LogP contribution in [0.15, 0.2) is 34.1 Å². The van der Waals surface area contributed by atoms with Crippen molar-refractivity contribution in [2.45, 2.75) is 23.6 Å². The van der Waals surface area contributed by atoms with E-state index in [1.165, 1.54) is 33.3 Å². The molecule has 1 saturated heterocycles. The minimum absolute atomic E-state index is 0.112. The molecule has 27 heavy (non-hydrogen) atoms. The van der Waals surface area contributed by atoms with Crippen LogP contribution in [0.1, 0.15) is 11.4 Å². The smallest absolute Gasteiger partial charge is 0.265 e. The van der Waals surface area contributed by atoms with E-state index in [4.69, 9.17) is 4.74 Å². The number of morpholine rings is 1. The molecule has 3 rings (SSSR count). The second kappa shape index (κ2) is 7.23. The Labute approximate surface area is 159 Å². The highest BCUT2D eigenvalue weighted by molar-refractivity contribution is 7.92. The fourth-order valence-corrected chi connectivity index (χ4v) is 5.89. The maximum Gasteiger partial charge on any atom is 0.265 e. The fourth-order valence-electron chi connectivity index (χ4n) is 2.98. The van der Waals surface area contributed by atoms with Crippen LogP contribution in [0.5, 0.6) is 0 Å². The minimum atomic E-state index is -3.83. The van der Waals surface area contributed by atoms with Crippen molar-refractivity contribution in [3.8, 4) is 0 Å². The van der Waals surface area contributed by atoms with Gasteiger partial charge in [-0.3, -0.25) is 9.40 Å². The van der Waals surface area contributed by atoms with E-state index in [9.17, 15) is 16.8 Å². The lowest BCUT2D eigenvalue weighted by atomic mass is 10.3. The molecule has 9 nitrogen and oxygen atoms in total. The van der Waals surface area contributed by atoms with Crippen molar-refractivity contribution in [3.63, 3.8) is 0 Å². The average Bonchev–Trinajstić information content (AvgIpc) is 2.88. The summed E-state index contributed by atoms with van der Waals surface area (Å²) in [5.41, 5.74) is 1.19. The molecule has 11 heteroatoms. The molecule has 0 aliphatic carbocycles. The van der Waals surface area contributed by atoms with E-state index in [-0.39, 0.29) is 15.5 Å². The molecular formula is C16H22N4O5S2. The molecule has 1 aromatic heterocycles. The van der Waals surface area contributed by atoms with E-state index in [0.29, 0.717) is 37.7 Å². The minimum Gasteiger partial charge on any atom is -0.379 e. The van der Waals surface area contributed by atoms with E-state index in [1.807, 2.05) is 0 Å². The number of aromatic nitrogens is 2. The van der Waals surface area contributed by atoms with Crippen LogP contribution in [0.4, 0.5) is 5.69 Å². The fraction of sp³-hybridized carbons (Fsp3) is 0.438. The number of benzene rings is 1. The Balaban J connectivity index is 1.83. The number of aryl methyl sites for hydroxylation is 2. The molecule has 1 aliphatic heterocycles. The third-order valence-corrected chi connectivity index (χ3v) is 7.97. The van der Waals surface area contributed by atoms with Gasteiger partial charge in [-0.15, -0.1) is 0 Å². The largest absolute Gasteiger partial charge is 0.379 e. The van der Waals surface area contributed by atoms with Crippen molar-refractivity contribution in [1.29, 1.82) is 0 Å². The summed E-state index contributed by atoms with van der Waals surface area (Å²) < 4.78 is 61.1. The number of hydrogen-bond acceptors (Lipinski definition) is 6. The molecule has 0 radical (unpaired) electrons. The highest BCUT2D eigenvalue weighted by atomic mass is 32.2. The molecule has 0 spiro atoms. The Kier molecular flexibility index (Phi) is 5.30. The summed E-state index contributed by atoms with van der Waals surface area (Å²) in [5, 5.41) is 4.12. The zero-order chi connectivity index (χ0) is 19.8. The standard InChI is InChI=1S/C16H22N4O5S2/c1-12-16(13(2)19(3)17-12)26(21,22)18-14-4-6-15(7-5-14)27(23,24)20-8-10-25-11-9-20/h4-7,18H,8-11H2,1-3H3. The van der Waals surface area contributed by atoms with Crippen molar-refractivity contribution in [2.75, 3.05) is 31.0 Å². The number of hydrogen-bond donors (Lipinski definition) is 1. The molecule has 148 valence electrons. The van der Waals surface area contributed by atoms with Gasteiger partial charge in [0.2, 0.25) is 10.0 Å². The SMILES string of the molecule is Cc1nn(C)c(C)c1S(=O)(=O)Nc1ccc(S(=O)(=O)N2CCOCC2)cc1. The second-order valence-electron chi connectivity index (χ2n) is 6.27. The van der Waals surface area contributed by atoms with Gasteiger partial charge >= 0.3 is 0 Å². The maximum atomic E-state index is 12.7. The van der Waals surface area contributed by atoms with Gasteiger partial charge in [0, 0.05) is 25.8 Å². The monoisotopic (exact) mass is 414 g/mol. The molecule has 1 fully saturated rings. The Hall–Kier alpha value is -1.95. The zero-order valence-electron chi connectivity index (χ0n) is 15.3. The van der Waals surface area contributed by atoms with Gasteiger partial charge in [0.1, 0.15) is 4.90 Å². The van der Waals surface area contributed by atoms with Crippen molar-refractivity contribution in [1.82, 2.24) is 14.1 Å². The van der Waals surface area contributed by atoms with Gasteiger partial charge in [0.15, 0.2) is 0 Å². The van der Waals surface area contributed by atoms with Gasteiger partial charge in [-0.25, -0.2) is 16.8 Å². The van der Waals surface area contributed by atoms with Crippen molar-refractivity contribution >= 4 is 25.7 Å². The Bertz CT molecular complexity index is 1040. The van der Waals surface area contributed by atoms with Gasteiger partial charge in [0.05, 0.1) is 29.5 Å². The van der Waals surface area contributed by atoms with Crippen LogP contribution in [0.3, 0.4) is 0 Å². The first-order valence-electron chi connectivity index (χ1n) is 8.34. The molecule has 1 N–H and O–H groups in total. The second-order valence-corrected chi connectivity index (χ2v) is 9.83. The number of nitrogens with one attached hydrogen (secondary N) is 1.